The number of benzene rings is 1. The predicted molar refractivity (Wildman–Crippen MR) is 90.3 cm³/mol. The third-order valence-corrected chi connectivity index (χ3v) is 5.51. The lowest BCUT2D eigenvalue weighted by atomic mass is 9.96. The summed E-state index contributed by atoms with van der Waals surface area (Å²) in [7, 11) is 0. The second-order valence-electron chi connectivity index (χ2n) is 6.66. The van der Waals surface area contributed by atoms with Crippen LogP contribution in [0.25, 0.3) is 0 Å². The van der Waals surface area contributed by atoms with Gasteiger partial charge in [-0.25, -0.2) is 0 Å². The SMILES string of the molecule is C[C@]1(C(=O)N2CCCC2)CCC(=O)N1CCc1ccccc1Cl. The molecule has 0 radical (unpaired) electrons. The maximum atomic E-state index is 12.9. The van der Waals surface area contributed by atoms with Gasteiger partial charge in [0.05, 0.1) is 0 Å². The van der Waals surface area contributed by atoms with Crippen LogP contribution < -0.4 is 0 Å². The highest BCUT2D eigenvalue weighted by atomic mass is 35.5. The van der Waals surface area contributed by atoms with Crippen LogP contribution in [0.5, 0.6) is 0 Å². The largest absolute Gasteiger partial charge is 0.341 e. The average Bonchev–Trinajstić information content (AvgIpc) is 3.16. The summed E-state index contributed by atoms with van der Waals surface area (Å²) < 4.78 is 0. The van der Waals surface area contributed by atoms with E-state index in [0.29, 0.717) is 30.8 Å². The van der Waals surface area contributed by atoms with Crippen molar-refractivity contribution in [2.45, 2.75) is 44.6 Å². The summed E-state index contributed by atoms with van der Waals surface area (Å²) in [6.07, 6.45) is 3.88. The molecule has 2 heterocycles. The Labute approximate surface area is 142 Å². The van der Waals surface area contributed by atoms with E-state index in [1.54, 1.807) is 4.90 Å². The van der Waals surface area contributed by atoms with Gasteiger partial charge in [0, 0.05) is 31.1 Å². The van der Waals surface area contributed by atoms with Crippen molar-refractivity contribution in [3.05, 3.63) is 34.9 Å². The van der Waals surface area contributed by atoms with Gasteiger partial charge in [-0.2, -0.15) is 0 Å². The van der Waals surface area contributed by atoms with Gasteiger partial charge in [-0.05, 0) is 44.2 Å². The highest BCUT2D eigenvalue weighted by Crippen LogP contribution is 2.33. The lowest BCUT2D eigenvalue weighted by Crippen LogP contribution is -2.55. The molecule has 3 rings (SSSR count). The molecular weight excluding hydrogens is 312 g/mol. The van der Waals surface area contributed by atoms with Gasteiger partial charge >= 0.3 is 0 Å². The van der Waals surface area contributed by atoms with E-state index in [1.165, 1.54) is 0 Å². The maximum absolute atomic E-state index is 12.9. The van der Waals surface area contributed by atoms with Crippen molar-refractivity contribution in [3.63, 3.8) is 0 Å². The first-order chi connectivity index (χ1) is 11.0. The summed E-state index contributed by atoms with van der Waals surface area (Å²) in [6, 6.07) is 7.68. The molecule has 124 valence electrons. The molecule has 2 aliphatic heterocycles. The number of rotatable bonds is 4. The molecule has 2 saturated heterocycles. The molecule has 0 unspecified atom stereocenters. The average molecular weight is 335 g/mol. The quantitative estimate of drug-likeness (QED) is 0.849. The van der Waals surface area contributed by atoms with E-state index in [4.69, 9.17) is 11.6 Å². The summed E-state index contributed by atoms with van der Waals surface area (Å²) in [5.41, 5.74) is 0.327. The summed E-state index contributed by atoms with van der Waals surface area (Å²) in [5, 5.41) is 0.715. The Morgan fingerprint density at radius 1 is 1.26 bits per heavy atom. The second-order valence-corrected chi connectivity index (χ2v) is 7.07. The third kappa shape index (κ3) is 3.09. The molecule has 4 nitrogen and oxygen atoms in total. The zero-order valence-corrected chi connectivity index (χ0v) is 14.3. The normalized spacial score (nSPS) is 24.5. The van der Waals surface area contributed by atoms with Gasteiger partial charge in [-0.1, -0.05) is 29.8 Å². The highest BCUT2D eigenvalue weighted by molar-refractivity contribution is 6.31. The molecular formula is C18H23ClN2O2. The Hall–Kier alpha value is -1.55. The molecule has 0 aromatic heterocycles. The molecule has 0 bridgehead atoms. The van der Waals surface area contributed by atoms with Crippen LogP contribution in [0, 0.1) is 0 Å². The molecule has 0 aliphatic carbocycles. The van der Waals surface area contributed by atoms with Crippen molar-refractivity contribution < 1.29 is 9.59 Å². The first kappa shape index (κ1) is 16.3. The Kier molecular flexibility index (Phi) is 4.62. The third-order valence-electron chi connectivity index (χ3n) is 5.14. The molecule has 23 heavy (non-hydrogen) atoms. The molecule has 0 spiro atoms. The number of carbonyl (C=O) groups is 2. The van der Waals surface area contributed by atoms with E-state index in [9.17, 15) is 9.59 Å². The van der Waals surface area contributed by atoms with Crippen molar-refractivity contribution in [1.29, 1.82) is 0 Å². The van der Waals surface area contributed by atoms with Crippen LogP contribution in [0.3, 0.4) is 0 Å². The van der Waals surface area contributed by atoms with Crippen molar-refractivity contribution >= 4 is 23.4 Å². The van der Waals surface area contributed by atoms with Crippen molar-refractivity contribution in [2.24, 2.45) is 0 Å². The van der Waals surface area contributed by atoms with Crippen LogP contribution in [0.4, 0.5) is 0 Å². The summed E-state index contributed by atoms with van der Waals surface area (Å²) in [4.78, 5) is 28.9. The van der Waals surface area contributed by atoms with Gasteiger partial charge in [0.1, 0.15) is 5.54 Å². The minimum atomic E-state index is -0.692. The van der Waals surface area contributed by atoms with Gasteiger partial charge < -0.3 is 9.80 Å². The van der Waals surface area contributed by atoms with Crippen molar-refractivity contribution in [3.8, 4) is 0 Å². The second kappa shape index (κ2) is 6.52. The summed E-state index contributed by atoms with van der Waals surface area (Å²) in [6.45, 7) is 4.10. The van der Waals surface area contributed by atoms with E-state index >= 15 is 0 Å². The van der Waals surface area contributed by atoms with Gasteiger partial charge in [-0.15, -0.1) is 0 Å². The molecule has 5 heteroatoms. The number of likely N-dealkylation sites (tertiary alicyclic amines) is 2. The molecule has 0 N–H and O–H groups in total. The standard InChI is InChI=1S/C18H23ClN2O2/c1-18(17(23)20-11-4-5-12-20)10-8-16(22)21(18)13-9-14-6-2-3-7-15(14)19/h2-3,6-7H,4-5,8-13H2,1H3/t18-/m1/s1. The first-order valence-electron chi connectivity index (χ1n) is 8.35. The summed E-state index contributed by atoms with van der Waals surface area (Å²) >= 11 is 6.20. The number of nitrogens with zero attached hydrogens (tertiary/aromatic N) is 2. The number of hydrogen-bond donors (Lipinski definition) is 0. The topological polar surface area (TPSA) is 40.6 Å². The van der Waals surface area contributed by atoms with Gasteiger partial charge in [0.2, 0.25) is 11.8 Å². The van der Waals surface area contributed by atoms with Crippen molar-refractivity contribution in [1.82, 2.24) is 9.80 Å². The van der Waals surface area contributed by atoms with E-state index in [2.05, 4.69) is 0 Å². The van der Waals surface area contributed by atoms with Gasteiger partial charge in [-0.3, -0.25) is 9.59 Å². The minimum Gasteiger partial charge on any atom is -0.341 e. The Morgan fingerprint density at radius 3 is 2.65 bits per heavy atom. The predicted octanol–water partition coefficient (Wildman–Crippen LogP) is 2.89. The fourth-order valence-corrected chi connectivity index (χ4v) is 3.91. The minimum absolute atomic E-state index is 0.0760. The zero-order chi connectivity index (χ0) is 16.4. The number of amides is 2. The van der Waals surface area contributed by atoms with E-state index in [1.807, 2.05) is 36.1 Å². The molecule has 2 aliphatic rings. The molecule has 0 saturated carbocycles. The number of carbonyl (C=O) groups excluding carboxylic acids is 2. The van der Waals surface area contributed by atoms with Crippen LogP contribution in [0.15, 0.2) is 24.3 Å². The monoisotopic (exact) mass is 334 g/mol. The molecule has 1 aromatic carbocycles. The molecule has 1 atom stereocenters. The molecule has 2 amide bonds. The number of halogens is 1. The summed E-state index contributed by atoms with van der Waals surface area (Å²) in [5.74, 6) is 0.187. The van der Waals surface area contributed by atoms with E-state index in [0.717, 1.165) is 31.5 Å². The van der Waals surface area contributed by atoms with Crippen LogP contribution >= 0.6 is 11.6 Å². The van der Waals surface area contributed by atoms with Crippen LogP contribution in [0.2, 0.25) is 5.02 Å². The lowest BCUT2D eigenvalue weighted by Gasteiger charge is -2.37. The smallest absolute Gasteiger partial charge is 0.248 e. The van der Waals surface area contributed by atoms with Crippen LogP contribution in [0.1, 0.15) is 38.2 Å². The fourth-order valence-electron chi connectivity index (χ4n) is 3.68. The maximum Gasteiger partial charge on any atom is 0.248 e. The van der Waals surface area contributed by atoms with Crippen molar-refractivity contribution in [2.75, 3.05) is 19.6 Å². The Morgan fingerprint density at radius 2 is 1.96 bits per heavy atom. The van der Waals surface area contributed by atoms with E-state index < -0.39 is 5.54 Å². The van der Waals surface area contributed by atoms with Gasteiger partial charge in [0.15, 0.2) is 0 Å². The fraction of sp³-hybridized carbons (Fsp3) is 0.556. The molecule has 1 aromatic rings. The first-order valence-corrected chi connectivity index (χ1v) is 8.73. The Balaban J connectivity index is 1.74. The van der Waals surface area contributed by atoms with Gasteiger partial charge in [0.25, 0.3) is 0 Å². The zero-order valence-electron chi connectivity index (χ0n) is 13.6. The van der Waals surface area contributed by atoms with Crippen LogP contribution in [-0.2, 0) is 16.0 Å². The Bertz CT molecular complexity index is 613. The molecule has 2 fully saturated rings. The number of hydrogen-bond acceptors (Lipinski definition) is 2. The lowest BCUT2D eigenvalue weighted by molar-refractivity contribution is -0.146. The van der Waals surface area contributed by atoms with E-state index in [-0.39, 0.29) is 11.8 Å². The van der Waals surface area contributed by atoms with Crippen LogP contribution in [-0.4, -0.2) is 46.8 Å². The highest BCUT2D eigenvalue weighted by Gasteiger charge is 2.48.